The Labute approximate surface area is 175 Å². The lowest BCUT2D eigenvalue weighted by Crippen LogP contribution is -2.17. The van der Waals surface area contributed by atoms with Crippen molar-refractivity contribution in [1.82, 2.24) is 4.98 Å². The summed E-state index contributed by atoms with van der Waals surface area (Å²) in [5.41, 5.74) is 4.06. The van der Waals surface area contributed by atoms with E-state index in [-0.39, 0.29) is 23.0 Å². The van der Waals surface area contributed by atoms with Crippen LogP contribution in [-0.2, 0) is 21.1 Å². The molecule has 152 valence electrons. The van der Waals surface area contributed by atoms with Gasteiger partial charge in [-0.2, -0.15) is 0 Å². The lowest BCUT2D eigenvalue weighted by molar-refractivity contribution is -0.115. The van der Waals surface area contributed by atoms with Gasteiger partial charge in [-0.1, -0.05) is 55.3 Å². The van der Waals surface area contributed by atoms with Crippen LogP contribution in [0.3, 0.4) is 0 Å². The van der Waals surface area contributed by atoms with Crippen LogP contribution >= 0.6 is 11.3 Å². The monoisotopic (exact) mass is 428 g/mol. The van der Waals surface area contributed by atoms with Crippen LogP contribution in [0.1, 0.15) is 30.9 Å². The summed E-state index contributed by atoms with van der Waals surface area (Å²) in [6.45, 7) is 4.04. The predicted octanol–water partition coefficient (Wildman–Crippen LogP) is 4.87. The molecule has 0 fully saturated rings. The molecule has 0 radical (unpaired) electrons. The van der Waals surface area contributed by atoms with Crippen molar-refractivity contribution < 1.29 is 13.2 Å². The van der Waals surface area contributed by atoms with Crippen LogP contribution in [0.15, 0.2) is 58.8 Å². The van der Waals surface area contributed by atoms with Crippen LogP contribution < -0.4 is 5.32 Å². The van der Waals surface area contributed by atoms with Crippen molar-refractivity contribution in [1.29, 1.82) is 0 Å². The number of nitrogens with zero attached hydrogens (tertiary/aromatic N) is 1. The Kier molecular flexibility index (Phi) is 6.82. The normalized spacial score (nSPS) is 11.4. The van der Waals surface area contributed by atoms with Crippen LogP contribution in [0, 0.1) is 6.92 Å². The first-order chi connectivity index (χ1) is 13.9. The molecule has 3 aromatic rings. The molecule has 1 amide bonds. The van der Waals surface area contributed by atoms with Crippen LogP contribution in [-0.4, -0.2) is 25.1 Å². The van der Waals surface area contributed by atoms with E-state index in [2.05, 4.69) is 29.4 Å². The Morgan fingerprint density at radius 2 is 1.76 bits per heavy atom. The first-order valence-corrected chi connectivity index (χ1v) is 12.0. The van der Waals surface area contributed by atoms with E-state index in [0.29, 0.717) is 5.13 Å². The van der Waals surface area contributed by atoms with Crippen molar-refractivity contribution in [3.05, 3.63) is 65.0 Å². The number of rotatable bonds is 8. The van der Waals surface area contributed by atoms with E-state index in [1.54, 1.807) is 24.3 Å². The average molecular weight is 429 g/mol. The van der Waals surface area contributed by atoms with Gasteiger partial charge >= 0.3 is 0 Å². The number of hydrogen-bond donors (Lipinski definition) is 1. The van der Waals surface area contributed by atoms with E-state index < -0.39 is 9.84 Å². The summed E-state index contributed by atoms with van der Waals surface area (Å²) in [5, 5.41) is 5.05. The largest absolute Gasteiger partial charge is 0.302 e. The maximum Gasteiger partial charge on any atom is 0.227 e. The van der Waals surface area contributed by atoms with Gasteiger partial charge in [0.05, 0.1) is 16.3 Å². The number of hydrogen-bond acceptors (Lipinski definition) is 5. The van der Waals surface area contributed by atoms with E-state index in [1.807, 2.05) is 24.4 Å². The Hall–Kier alpha value is -2.51. The minimum absolute atomic E-state index is 0.114. The summed E-state index contributed by atoms with van der Waals surface area (Å²) in [7, 11) is -3.49. The first kappa shape index (κ1) is 21.2. The zero-order chi connectivity index (χ0) is 20.9. The highest BCUT2D eigenvalue weighted by Crippen LogP contribution is 2.25. The van der Waals surface area contributed by atoms with Crippen molar-refractivity contribution in [2.24, 2.45) is 0 Å². The van der Waals surface area contributed by atoms with Gasteiger partial charge in [-0.15, -0.1) is 11.3 Å². The molecule has 0 saturated heterocycles. The van der Waals surface area contributed by atoms with Crippen molar-refractivity contribution in [2.75, 3.05) is 11.1 Å². The molecule has 0 aliphatic carbocycles. The van der Waals surface area contributed by atoms with Crippen LogP contribution in [0.2, 0.25) is 0 Å². The van der Waals surface area contributed by atoms with Gasteiger partial charge < -0.3 is 5.32 Å². The predicted molar refractivity (Wildman–Crippen MR) is 118 cm³/mol. The summed E-state index contributed by atoms with van der Waals surface area (Å²) in [6.07, 6.45) is 2.03. The lowest BCUT2D eigenvalue weighted by atomic mass is 10.1. The zero-order valence-electron chi connectivity index (χ0n) is 16.5. The van der Waals surface area contributed by atoms with Gasteiger partial charge in [-0.25, -0.2) is 13.4 Å². The van der Waals surface area contributed by atoms with Crippen molar-refractivity contribution >= 4 is 32.2 Å². The van der Waals surface area contributed by atoms with Gasteiger partial charge in [-0.3, -0.25) is 4.79 Å². The number of carbonyl (C=O) groups excluding carboxylic acids is 1. The second kappa shape index (κ2) is 9.33. The smallest absolute Gasteiger partial charge is 0.227 e. The number of benzene rings is 2. The molecule has 3 rings (SSSR count). The number of nitrogens with one attached hydrogen (secondary N) is 1. The number of carbonyl (C=O) groups is 1. The van der Waals surface area contributed by atoms with Gasteiger partial charge in [0.15, 0.2) is 15.0 Å². The van der Waals surface area contributed by atoms with Gasteiger partial charge in [-0.05, 0) is 31.0 Å². The second-order valence-electron chi connectivity index (χ2n) is 6.91. The van der Waals surface area contributed by atoms with Crippen molar-refractivity contribution in [3.8, 4) is 11.3 Å². The van der Waals surface area contributed by atoms with Crippen molar-refractivity contribution in [2.45, 2.75) is 38.0 Å². The zero-order valence-corrected chi connectivity index (χ0v) is 18.1. The minimum Gasteiger partial charge on any atom is -0.302 e. The average Bonchev–Trinajstić information content (AvgIpc) is 3.16. The van der Waals surface area contributed by atoms with E-state index in [9.17, 15) is 13.2 Å². The Morgan fingerprint density at radius 1 is 1.07 bits per heavy atom. The van der Waals surface area contributed by atoms with Gasteiger partial charge in [0.25, 0.3) is 0 Å². The second-order valence-corrected chi connectivity index (χ2v) is 9.88. The molecule has 29 heavy (non-hydrogen) atoms. The molecular formula is C22H24N2O3S2. The number of aryl methyl sites for hydroxylation is 2. The molecule has 1 heterocycles. The number of aromatic nitrogens is 1. The van der Waals surface area contributed by atoms with Crippen LogP contribution in [0.5, 0.6) is 0 Å². The third-order valence-corrected chi connectivity index (χ3v) is 7.01. The van der Waals surface area contributed by atoms with Gasteiger partial charge in [0.2, 0.25) is 5.91 Å². The quantitative estimate of drug-likeness (QED) is 0.555. The van der Waals surface area contributed by atoms with E-state index in [0.717, 1.165) is 29.7 Å². The van der Waals surface area contributed by atoms with Crippen molar-refractivity contribution in [3.63, 3.8) is 0 Å². The number of amides is 1. The van der Waals surface area contributed by atoms with Gasteiger partial charge in [0, 0.05) is 17.4 Å². The number of sulfone groups is 1. The highest BCUT2D eigenvalue weighted by Gasteiger charge is 2.17. The molecule has 7 heteroatoms. The molecule has 0 bridgehead atoms. The standard InChI is InChI=1S/C22H24N2O3S2/c1-3-4-17-7-9-18(10-8-17)20-15-28-22(23-20)24-21(25)13-14-29(26,27)19-11-5-16(2)6-12-19/h5-12,15H,3-4,13-14H2,1-2H3,(H,23,24,25). The molecule has 0 unspecified atom stereocenters. The third kappa shape index (κ3) is 5.74. The SMILES string of the molecule is CCCc1ccc(-c2csc(NC(=O)CCS(=O)(=O)c3ccc(C)cc3)n2)cc1. The van der Waals surface area contributed by atoms with E-state index in [1.165, 1.54) is 16.9 Å². The molecule has 5 nitrogen and oxygen atoms in total. The third-order valence-electron chi connectivity index (χ3n) is 4.52. The van der Waals surface area contributed by atoms with Gasteiger partial charge in [0.1, 0.15) is 0 Å². The molecule has 0 saturated carbocycles. The highest BCUT2D eigenvalue weighted by atomic mass is 32.2. The molecule has 0 aliphatic rings. The lowest BCUT2D eigenvalue weighted by Gasteiger charge is -2.05. The maximum atomic E-state index is 12.4. The summed E-state index contributed by atoms with van der Waals surface area (Å²) in [4.78, 5) is 16.9. The molecule has 1 N–H and O–H groups in total. The van der Waals surface area contributed by atoms with E-state index in [4.69, 9.17) is 0 Å². The Bertz CT molecular complexity index is 1070. The molecule has 2 aromatic carbocycles. The minimum atomic E-state index is -3.49. The molecule has 0 atom stereocenters. The summed E-state index contributed by atoms with van der Waals surface area (Å²) in [5.74, 6) is -0.598. The molecule has 0 spiro atoms. The van der Waals surface area contributed by atoms with E-state index >= 15 is 0 Å². The summed E-state index contributed by atoms with van der Waals surface area (Å²) < 4.78 is 24.7. The summed E-state index contributed by atoms with van der Waals surface area (Å²) in [6, 6.07) is 14.9. The fourth-order valence-electron chi connectivity index (χ4n) is 2.87. The number of thiazole rings is 1. The molecular weight excluding hydrogens is 404 g/mol. The molecule has 1 aromatic heterocycles. The highest BCUT2D eigenvalue weighted by molar-refractivity contribution is 7.91. The Balaban J connectivity index is 1.58. The van der Waals surface area contributed by atoms with Crippen LogP contribution in [0.4, 0.5) is 5.13 Å². The fraction of sp³-hybridized carbons (Fsp3) is 0.273. The topological polar surface area (TPSA) is 76.1 Å². The number of anilines is 1. The Morgan fingerprint density at radius 3 is 2.41 bits per heavy atom. The molecule has 0 aliphatic heterocycles. The van der Waals surface area contributed by atoms with Crippen LogP contribution in [0.25, 0.3) is 11.3 Å². The summed E-state index contributed by atoms with van der Waals surface area (Å²) >= 11 is 1.33. The first-order valence-electron chi connectivity index (χ1n) is 9.51. The maximum absolute atomic E-state index is 12.4. The fourth-order valence-corrected chi connectivity index (χ4v) is 4.84.